The molecule has 1 atom stereocenters. The Labute approximate surface area is 218 Å². The maximum atomic E-state index is 13.3. The fourth-order valence-corrected chi connectivity index (χ4v) is 5.03. The summed E-state index contributed by atoms with van der Waals surface area (Å²) in [5, 5.41) is 18.3. The van der Waals surface area contributed by atoms with Crippen molar-refractivity contribution in [1.82, 2.24) is 10.1 Å². The number of nitrogens with zero attached hydrogens (tertiary/aromatic N) is 4. The first-order valence-corrected chi connectivity index (χ1v) is 12.7. The molecule has 0 saturated carbocycles. The van der Waals surface area contributed by atoms with Crippen LogP contribution in [-0.4, -0.2) is 33.7 Å². The summed E-state index contributed by atoms with van der Waals surface area (Å²) in [6, 6.07) is 11.5. The summed E-state index contributed by atoms with van der Waals surface area (Å²) >= 11 is 1.35. The van der Waals surface area contributed by atoms with Gasteiger partial charge in [0.15, 0.2) is 0 Å². The number of amides is 1. The molecule has 0 fully saturated rings. The number of rotatable bonds is 7. The zero-order valence-corrected chi connectivity index (χ0v) is 21.7. The summed E-state index contributed by atoms with van der Waals surface area (Å²) in [5.74, 6) is -1.02. The summed E-state index contributed by atoms with van der Waals surface area (Å²) in [6.45, 7) is 5.97. The number of hydrogen-bond donors (Lipinski definition) is 0. The fraction of sp³-hybridized carbons (Fsp3) is 0.308. The van der Waals surface area contributed by atoms with E-state index in [1.165, 1.54) is 54.2 Å². The number of thioether (sulfide) groups is 1. The van der Waals surface area contributed by atoms with Gasteiger partial charge in [-0.15, -0.1) is 0 Å². The Morgan fingerprint density at radius 3 is 2.49 bits per heavy atom. The molecular formula is C26H26N4O6S. The quantitative estimate of drug-likeness (QED) is 0.151. The van der Waals surface area contributed by atoms with E-state index in [1.807, 2.05) is 0 Å². The lowest BCUT2D eigenvalue weighted by atomic mass is 10.0. The largest absolute Gasteiger partial charge is 0.854 e. The maximum absolute atomic E-state index is 13.3. The number of unbranched alkanes of at least 4 members (excludes halogenated alkanes) is 1. The van der Waals surface area contributed by atoms with Crippen LogP contribution < -0.4 is 24.2 Å². The molecule has 0 saturated heterocycles. The van der Waals surface area contributed by atoms with Crippen LogP contribution in [0.5, 0.6) is 17.4 Å². The van der Waals surface area contributed by atoms with E-state index < -0.39 is 24.0 Å². The number of hydrogen-bond acceptors (Lipinski definition) is 9. The van der Waals surface area contributed by atoms with E-state index in [0.717, 1.165) is 18.6 Å². The standard InChI is InChI=1S/C26H26N4O6S/c1-5-6-13-37-26-27-24(34)23-19-9-7-8-10-21(19)29(15(2)31)25(30(23)28-26)20-12-11-18(35-16(3)32)14-22(20)36-17(4)33/h7-12,14,25H,5-6,13H2,1-4H3. The van der Waals surface area contributed by atoms with Crippen molar-refractivity contribution in [2.75, 3.05) is 10.7 Å². The van der Waals surface area contributed by atoms with Gasteiger partial charge in [-0.3, -0.25) is 14.4 Å². The number of carbonyl (C=O) groups excluding carboxylic acids is 3. The van der Waals surface area contributed by atoms with Crippen molar-refractivity contribution >= 4 is 35.3 Å². The second-order valence-electron chi connectivity index (χ2n) is 8.36. The smallest absolute Gasteiger partial charge is 0.308 e. The van der Waals surface area contributed by atoms with E-state index >= 15 is 0 Å². The highest BCUT2D eigenvalue weighted by Gasteiger charge is 2.45. The van der Waals surface area contributed by atoms with Crippen molar-refractivity contribution < 1.29 is 33.6 Å². The molecule has 1 unspecified atom stereocenters. The fourth-order valence-electron chi connectivity index (χ4n) is 4.13. The van der Waals surface area contributed by atoms with Gasteiger partial charge in [0.1, 0.15) is 11.5 Å². The molecular weight excluding hydrogens is 496 g/mol. The van der Waals surface area contributed by atoms with Crippen LogP contribution in [-0.2, 0) is 14.4 Å². The number of para-hydroxylation sites is 1. The van der Waals surface area contributed by atoms with Crippen LogP contribution in [0.2, 0.25) is 0 Å². The molecule has 2 heterocycles. The number of carbonyl (C=O) groups is 3. The van der Waals surface area contributed by atoms with Crippen molar-refractivity contribution in [3.05, 3.63) is 48.0 Å². The Balaban J connectivity index is 1.99. The van der Waals surface area contributed by atoms with Gasteiger partial charge in [-0.1, -0.05) is 41.9 Å². The van der Waals surface area contributed by atoms with Gasteiger partial charge in [-0.05, 0) is 30.7 Å². The highest BCUT2D eigenvalue weighted by Crippen LogP contribution is 2.43. The Morgan fingerprint density at radius 1 is 1.08 bits per heavy atom. The van der Waals surface area contributed by atoms with Crippen molar-refractivity contribution in [1.29, 1.82) is 0 Å². The van der Waals surface area contributed by atoms with Crippen LogP contribution in [0.15, 0.2) is 47.6 Å². The third-order valence-corrected chi connectivity index (χ3v) is 6.49. The van der Waals surface area contributed by atoms with E-state index in [1.54, 1.807) is 30.3 Å². The van der Waals surface area contributed by atoms with Crippen LogP contribution in [0, 0.1) is 0 Å². The van der Waals surface area contributed by atoms with E-state index in [-0.39, 0.29) is 28.3 Å². The molecule has 1 aliphatic rings. The number of fused-ring (bicyclic) bond motifs is 3. The third-order valence-electron chi connectivity index (χ3n) is 5.56. The van der Waals surface area contributed by atoms with Gasteiger partial charge in [0.25, 0.3) is 17.0 Å². The first-order valence-electron chi connectivity index (χ1n) is 11.7. The molecule has 1 aliphatic heterocycles. The number of anilines is 1. The number of benzene rings is 2. The Bertz CT molecular complexity index is 1380. The van der Waals surface area contributed by atoms with E-state index in [0.29, 0.717) is 16.8 Å². The minimum absolute atomic E-state index is 0.0616. The Kier molecular flexibility index (Phi) is 7.72. The first-order chi connectivity index (χ1) is 17.7. The lowest BCUT2D eigenvalue weighted by Gasteiger charge is -2.33. The Hall–Kier alpha value is -3.99. The molecule has 1 aromatic heterocycles. The molecule has 4 rings (SSSR count). The minimum Gasteiger partial charge on any atom is -0.854 e. The van der Waals surface area contributed by atoms with Crippen molar-refractivity contribution in [2.45, 2.75) is 51.9 Å². The molecule has 3 aromatic rings. The highest BCUT2D eigenvalue weighted by atomic mass is 32.2. The van der Waals surface area contributed by atoms with Gasteiger partial charge in [-0.25, -0.2) is 9.88 Å². The van der Waals surface area contributed by atoms with Gasteiger partial charge in [-0.2, -0.15) is 0 Å². The lowest BCUT2D eigenvalue weighted by molar-refractivity contribution is -0.764. The molecule has 0 aliphatic carbocycles. The zero-order chi connectivity index (χ0) is 26.7. The molecule has 10 nitrogen and oxygen atoms in total. The van der Waals surface area contributed by atoms with E-state index in [9.17, 15) is 19.5 Å². The SMILES string of the molecule is CCCCSc1nc([O-])c2[n+](n1)C(c1ccc(OC(C)=O)cc1OC(C)=O)N(C(C)=O)c1ccccc1-2. The molecule has 0 N–H and O–H groups in total. The lowest BCUT2D eigenvalue weighted by Crippen LogP contribution is -2.58. The van der Waals surface area contributed by atoms with Gasteiger partial charge in [0, 0.05) is 37.7 Å². The van der Waals surface area contributed by atoms with Crippen molar-refractivity contribution in [3.63, 3.8) is 0 Å². The zero-order valence-electron chi connectivity index (χ0n) is 20.9. The molecule has 37 heavy (non-hydrogen) atoms. The topological polar surface area (TPSA) is 126 Å². The molecule has 0 bridgehead atoms. The van der Waals surface area contributed by atoms with Gasteiger partial charge < -0.3 is 14.6 Å². The summed E-state index contributed by atoms with van der Waals surface area (Å²) < 4.78 is 12.1. The number of esters is 2. The summed E-state index contributed by atoms with van der Waals surface area (Å²) in [5.41, 5.74) is 1.57. The van der Waals surface area contributed by atoms with Crippen molar-refractivity contribution in [3.8, 4) is 28.6 Å². The second-order valence-corrected chi connectivity index (χ2v) is 9.42. The van der Waals surface area contributed by atoms with E-state index in [2.05, 4.69) is 17.0 Å². The Morgan fingerprint density at radius 2 is 1.81 bits per heavy atom. The van der Waals surface area contributed by atoms with E-state index in [4.69, 9.17) is 9.47 Å². The average molecular weight is 523 g/mol. The predicted molar refractivity (Wildman–Crippen MR) is 133 cm³/mol. The molecule has 192 valence electrons. The van der Waals surface area contributed by atoms with Gasteiger partial charge in [0.2, 0.25) is 5.91 Å². The van der Waals surface area contributed by atoms with Gasteiger partial charge >= 0.3 is 11.9 Å². The molecule has 1 amide bonds. The van der Waals surface area contributed by atoms with Crippen LogP contribution in [0.1, 0.15) is 52.3 Å². The average Bonchev–Trinajstić information content (AvgIpc) is 2.82. The second kappa shape index (κ2) is 11.0. The monoisotopic (exact) mass is 522 g/mol. The maximum Gasteiger partial charge on any atom is 0.308 e. The predicted octanol–water partition coefficient (Wildman–Crippen LogP) is 3.16. The molecule has 0 spiro atoms. The third kappa shape index (κ3) is 5.41. The summed E-state index contributed by atoms with van der Waals surface area (Å²) in [7, 11) is 0. The molecule has 11 heteroatoms. The number of aromatic nitrogens is 3. The first kappa shape index (κ1) is 26.1. The minimum atomic E-state index is -0.982. The number of ether oxygens (including phenoxy) is 2. The molecule has 2 aromatic carbocycles. The van der Waals surface area contributed by atoms with Crippen molar-refractivity contribution in [2.24, 2.45) is 0 Å². The highest BCUT2D eigenvalue weighted by molar-refractivity contribution is 7.99. The van der Waals surface area contributed by atoms with Crippen LogP contribution >= 0.6 is 11.8 Å². The van der Waals surface area contributed by atoms with Crippen LogP contribution in [0.25, 0.3) is 11.3 Å². The normalized spacial score (nSPS) is 13.9. The van der Waals surface area contributed by atoms with Crippen LogP contribution in [0.4, 0.5) is 5.69 Å². The summed E-state index contributed by atoms with van der Waals surface area (Å²) in [6.07, 6.45) is 0.915. The molecule has 0 radical (unpaired) electrons. The summed E-state index contributed by atoms with van der Waals surface area (Å²) in [4.78, 5) is 42.3. The van der Waals surface area contributed by atoms with Gasteiger partial charge in [0.05, 0.1) is 22.7 Å². The van der Waals surface area contributed by atoms with Crippen LogP contribution in [0.3, 0.4) is 0 Å².